The van der Waals surface area contributed by atoms with E-state index in [1.54, 1.807) is 7.05 Å². The first-order valence-electron chi connectivity index (χ1n) is 5.86. The van der Waals surface area contributed by atoms with Gasteiger partial charge in [-0.15, -0.1) is 0 Å². The Morgan fingerprint density at radius 1 is 1.61 bits per heavy atom. The number of hydrogen-bond acceptors (Lipinski definition) is 4. The van der Waals surface area contributed by atoms with Crippen molar-refractivity contribution < 1.29 is 14.7 Å². The van der Waals surface area contributed by atoms with E-state index in [0.717, 1.165) is 19.4 Å². The van der Waals surface area contributed by atoms with Crippen LogP contribution >= 0.6 is 0 Å². The molecule has 1 atom stereocenters. The van der Waals surface area contributed by atoms with Crippen molar-refractivity contribution in [2.45, 2.75) is 12.8 Å². The Bertz CT molecular complexity index is 463. The number of aryl methyl sites for hydroxylation is 1. The van der Waals surface area contributed by atoms with E-state index in [1.165, 1.54) is 10.9 Å². The predicted octanol–water partition coefficient (Wildman–Crippen LogP) is 0.0564. The predicted molar refractivity (Wildman–Crippen MR) is 64.4 cm³/mol. The maximum atomic E-state index is 12.0. The summed E-state index contributed by atoms with van der Waals surface area (Å²) in [5, 5.41) is 18.6. The summed E-state index contributed by atoms with van der Waals surface area (Å²) in [5.74, 6) is -1.14. The lowest BCUT2D eigenvalue weighted by Crippen LogP contribution is -2.37. The summed E-state index contributed by atoms with van der Waals surface area (Å²) in [6.45, 7) is 1.56. The van der Waals surface area contributed by atoms with Gasteiger partial charge < -0.3 is 15.7 Å². The van der Waals surface area contributed by atoms with E-state index in [2.05, 4.69) is 15.7 Å². The lowest BCUT2D eigenvalue weighted by atomic mass is 9.99. The van der Waals surface area contributed by atoms with Gasteiger partial charge in [-0.3, -0.25) is 9.48 Å². The third-order valence-electron chi connectivity index (χ3n) is 3.08. The molecule has 0 saturated carbocycles. The normalized spacial score (nSPS) is 19.5. The first-order chi connectivity index (χ1) is 8.59. The van der Waals surface area contributed by atoms with Crippen molar-refractivity contribution in [3.63, 3.8) is 0 Å². The van der Waals surface area contributed by atoms with E-state index in [0.29, 0.717) is 6.54 Å². The summed E-state index contributed by atoms with van der Waals surface area (Å²) >= 11 is 0. The Morgan fingerprint density at radius 3 is 3.00 bits per heavy atom. The fourth-order valence-corrected chi connectivity index (χ4v) is 2.04. The maximum Gasteiger partial charge on any atom is 0.341 e. The topological polar surface area (TPSA) is 96.2 Å². The van der Waals surface area contributed by atoms with Crippen molar-refractivity contribution in [3.05, 3.63) is 11.8 Å². The number of carbonyl (C=O) groups excluding carboxylic acids is 1. The number of carboxylic acids is 1. The Morgan fingerprint density at radius 2 is 2.39 bits per heavy atom. The fraction of sp³-hybridized carbons (Fsp3) is 0.545. The molecule has 18 heavy (non-hydrogen) atoms. The number of piperidine rings is 1. The third-order valence-corrected chi connectivity index (χ3v) is 3.08. The molecule has 1 amide bonds. The molecular weight excluding hydrogens is 236 g/mol. The van der Waals surface area contributed by atoms with Crippen LogP contribution in [0.3, 0.4) is 0 Å². The minimum Gasteiger partial charge on any atom is -0.477 e. The Balaban J connectivity index is 2.10. The fourth-order valence-electron chi connectivity index (χ4n) is 2.04. The number of amides is 1. The number of nitrogens with one attached hydrogen (secondary N) is 2. The summed E-state index contributed by atoms with van der Waals surface area (Å²) in [6, 6.07) is 0. The van der Waals surface area contributed by atoms with Gasteiger partial charge in [-0.05, 0) is 19.4 Å². The Labute approximate surface area is 104 Å². The first kappa shape index (κ1) is 12.6. The van der Waals surface area contributed by atoms with Crippen LogP contribution in [0.4, 0.5) is 5.82 Å². The number of carbonyl (C=O) groups is 2. The number of carboxylic acid groups (broad SMARTS) is 1. The van der Waals surface area contributed by atoms with E-state index in [-0.39, 0.29) is 23.2 Å². The summed E-state index contributed by atoms with van der Waals surface area (Å²) < 4.78 is 1.36. The lowest BCUT2D eigenvalue weighted by molar-refractivity contribution is -0.120. The maximum absolute atomic E-state index is 12.0. The molecule has 2 rings (SSSR count). The molecule has 0 radical (unpaired) electrons. The number of aromatic carboxylic acids is 1. The first-order valence-corrected chi connectivity index (χ1v) is 5.86. The average Bonchev–Trinajstić information content (AvgIpc) is 2.72. The van der Waals surface area contributed by atoms with Gasteiger partial charge in [0.1, 0.15) is 11.4 Å². The molecule has 1 aromatic rings. The molecule has 0 aromatic carbocycles. The van der Waals surface area contributed by atoms with Gasteiger partial charge >= 0.3 is 5.97 Å². The van der Waals surface area contributed by atoms with E-state index in [4.69, 9.17) is 5.11 Å². The summed E-state index contributed by atoms with van der Waals surface area (Å²) in [4.78, 5) is 23.0. The van der Waals surface area contributed by atoms with Crippen molar-refractivity contribution in [2.75, 3.05) is 18.4 Å². The van der Waals surface area contributed by atoms with Gasteiger partial charge in [0, 0.05) is 13.6 Å². The summed E-state index contributed by atoms with van der Waals surface area (Å²) in [5.41, 5.74) is 0.00891. The molecule has 0 aliphatic carbocycles. The number of nitrogens with zero attached hydrogens (tertiary/aromatic N) is 2. The molecule has 1 saturated heterocycles. The SMILES string of the molecule is Cn1ncc(C(=O)O)c1NC(=O)C1CCCNC1. The highest BCUT2D eigenvalue weighted by Gasteiger charge is 2.24. The van der Waals surface area contributed by atoms with Crippen molar-refractivity contribution in [3.8, 4) is 0 Å². The van der Waals surface area contributed by atoms with Gasteiger partial charge in [-0.2, -0.15) is 5.10 Å². The van der Waals surface area contributed by atoms with E-state index in [9.17, 15) is 9.59 Å². The smallest absolute Gasteiger partial charge is 0.341 e. The molecule has 1 aromatic heterocycles. The lowest BCUT2D eigenvalue weighted by Gasteiger charge is -2.21. The van der Waals surface area contributed by atoms with Gasteiger partial charge in [-0.25, -0.2) is 4.79 Å². The average molecular weight is 252 g/mol. The zero-order valence-electron chi connectivity index (χ0n) is 10.1. The van der Waals surface area contributed by atoms with Gasteiger partial charge in [0.05, 0.1) is 12.1 Å². The number of aromatic nitrogens is 2. The number of anilines is 1. The van der Waals surface area contributed by atoms with Gasteiger partial charge in [-0.1, -0.05) is 0 Å². The third kappa shape index (κ3) is 2.51. The molecule has 0 spiro atoms. The van der Waals surface area contributed by atoms with Crippen LogP contribution in [-0.2, 0) is 11.8 Å². The zero-order chi connectivity index (χ0) is 13.1. The van der Waals surface area contributed by atoms with Crippen molar-refractivity contribution in [2.24, 2.45) is 13.0 Å². The van der Waals surface area contributed by atoms with E-state index < -0.39 is 5.97 Å². The van der Waals surface area contributed by atoms with Crippen LogP contribution in [-0.4, -0.2) is 39.9 Å². The molecular formula is C11H16N4O3. The van der Waals surface area contributed by atoms with E-state index >= 15 is 0 Å². The molecule has 7 nitrogen and oxygen atoms in total. The van der Waals surface area contributed by atoms with E-state index in [1.807, 2.05) is 0 Å². The molecule has 7 heteroatoms. The van der Waals surface area contributed by atoms with Gasteiger partial charge in [0.15, 0.2) is 0 Å². The molecule has 98 valence electrons. The molecule has 1 aliphatic heterocycles. The van der Waals surface area contributed by atoms with Crippen LogP contribution in [0, 0.1) is 5.92 Å². The highest BCUT2D eigenvalue weighted by atomic mass is 16.4. The van der Waals surface area contributed by atoms with Crippen molar-refractivity contribution >= 4 is 17.7 Å². The Kier molecular flexibility index (Phi) is 3.61. The van der Waals surface area contributed by atoms with Crippen LogP contribution in [0.5, 0.6) is 0 Å². The second-order valence-electron chi connectivity index (χ2n) is 4.37. The molecule has 0 bridgehead atoms. The highest BCUT2D eigenvalue weighted by molar-refractivity contribution is 6.00. The number of hydrogen-bond donors (Lipinski definition) is 3. The van der Waals surface area contributed by atoms with Crippen molar-refractivity contribution in [1.82, 2.24) is 15.1 Å². The van der Waals surface area contributed by atoms with Crippen LogP contribution in [0.15, 0.2) is 6.20 Å². The minimum absolute atomic E-state index is 0.00891. The summed E-state index contributed by atoms with van der Waals surface area (Å²) in [7, 11) is 1.60. The largest absolute Gasteiger partial charge is 0.477 e. The van der Waals surface area contributed by atoms with Crippen molar-refractivity contribution in [1.29, 1.82) is 0 Å². The second-order valence-corrected chi connectivity index (χ2v) is 4.37. The van der Waals surface area contributed by atoms with Crippen LogP contribution < -0.4 is 10.6 Å². The zero-order valence-corrected chi connectivity index (χ0v) is 10.1. The monoisotopic (exact) mass is 252 g/mol. The highest BCUT2D eigenvalue weighted by Crippen LogP contribution is 2.17. The summed E-state index contributed by atoms with van der Waals surface area (Å²) in [6.07, 6.45) is 3.01. The Hall–Kier alpha value is -1.89. The molecule has 1 aliphatic rings. The minimum atomic E-state index is -1.10. The molecule has 1 fully saturated rings. The van der Waals surface area contributed by atoms with Crippen LogP contribution in [0.1, 0.15) is 23.2 Å². The molecule has 3 N–H and O–H groups in total. The van der Waals surface area contributed by atoms with Crippen LogP contribution in [0.2, 0.25) is 0 Å². The molecule has 2 heterocycles. The molecule has 1 unspecified atom stereocenters. The van der Waals surface area contributed by atoms with Gasteiger partial charge in [0.25, 0.3) is 0 Å². The number of rotatable bonds is 3. The van der Waals surface area contributed by atoms with Gasteiger partial charge in [0.2, 0.25) is 5.91 Å². The standard InChI is InChI=1S/C11H16N4O3/c1-15-9(8(6-13-15)11(17)18)14-10(16)7-3-2-4-12-5-7/h6-7,12H,2-5H2,1H3,(H,14,16)(H,17,18). The quantitative estimate of drug-likeness (QED) is 0.706. The van der Waals surface area contributed by atoms with Crippen LogP contribution in [0.25, 0.3) is 0 Å². The second kappa shape index (κ2) is 5.18.